The van der Waals surface area contributed by atoms with Gasteiger partial charge in [-0.25, -0.2) is 4.39 Å². The van der Waals surface area contributed by atoms with E-state index >= 15 is 0 Å². The van der Waals surface area contributed by atoms with E-state index in [0.29, 0.717) is 17.6 Å². The van der Waals surface area contributed by atoms with Gasteiger partial charge >= 0.3 is 0 Å². The summed E-state index contributed by atoms with van der Waals surface area (Å²) in [6.45, 7) is 2.03. The number of aliphatic hydroxyl groups excluding tert-OH is 1. The predicted molar refractivity (Wildman–Crippen MR) is 91.7 cm³/mol. The molecule has 22 heavy (non-hydrogen) atoms. The number of benzene rings is 1. The molecule has 0 aliphatic heterocycles. The summed E-state index contributed by atoms with van der Waals surface area (Å²) in [6, 6.07) is 7.11. The molecule has 2 atom stereocenters. The first-order valence-electron chi connectivity index (χ1n) is 8.33. The van der Waals surface area contributed by atoms with Crippen LogP contribution >= 0.6 is 0 Å². The summed E-state index contributed by atoms with van der Waals surface area (Å²) in [5.74, 6) is 1.22. The van der Waals surface area contributed by atoms with Crippen LogP contribution in [0.15, 0.2) is 36.1 Å². The molecule has 1 aliphatic carbocycles. The predicted octanol–water partition coefficient (Wildman–Crippen LogP) is 5.18. The number of hydrogen-bond acceptors (Lipinski definition) is 2. The van der Waals surface area contributed by atoms with Crippen LogP contribution in [0.1, 0.15) is 56.9 Å². The lowest BCUT2D eigenvalue weighted by Gasteiger charge is -2.29. The van der Waals surface area contributed by atoms with Crippen molar-refractivity contribution in [1.82, 2.24) is 5.32 Å². The molecule has 0 bridgehead atoms. The van der Waals surface area contributed by atoms with E-state index in [-0.39, 0.29) is 5.82 Å². The molecule has 0 spiro atoms. The minimum atomic E-state index is -0.0820. The first-order chi connectivity index (χ1) is 10.6. The van der Waals surface area contributed by atoms with E-state index < -0.39 is 0 Å². The fourth-order valence-corrected chi connectivity index (χ4v) is 3.18. The summed E-state index contributed by atoms with van der Waals surface area (Å²) >= 11 is 0. The minimum Gasteiger partial charge on any atom is -0.513 e. The Morgan fingerprint density at radius 3 is 2.64 bits per heavy atom. The van der Waals surface area contributed by atoms with E-state index in [2.05, 4.69) is 5.32 Å². The number of halogens is 1. The summed E-state index contributed by atoms with van der Waals surface area (Å²) in [5.41, 5.74) is 0.853. The molecule has 1 aromatic rings. The molecule has 1 saturated carbocycles. The maximum absolute atomic E-state index is 13.8. The second-order valence-electron chi connectivity index (χ2n) is 6.06. The smallest absolute Gasteiger partial charge is 0.126 e. The molecule has 0 heterocycles. The molecule has 1 fully saturated rings. The van der Waals surface area contributed by atoms with Crippen molar-refractivity contribution in [3.05, 3.63) is 47.5 Å². The van der Waals surface area contributed by atoms with E-state index in [1.54, 1.807) is 12.1 Å². The average molecular weight is 307 g/mol. The highest BCUT2D eigenvalue weighted by atomic mass is 19.1. The Morgan fingerprint density at radius 2 is 2.00 bits per heavy atom. The maximum Gasteiger partial charge on any atom is 0.126 e. The Kier molecular flexibility index (Phi) is 8.83. The Morgan fingerprint density at radius 1 is 1.32 bits per heavy atom. The van der Waals surface area contributed by atoms with Gasteiger partial charge in [0.05, 0.1) is 5.76 Å². The van der Waals surface area contributed by atoms with E-state index in [4.69, 9.17) is 0 Å². The zero-order valence-corrected chi connectivity index (χ0v) is 14.1. The summed E-state index contributed by atoms with van der Waals surface area (Å²) in [6.07, 6.45) is 7.83. The molecule has 124 valence electrons. The van der Waals surface area contributed by atoms with Crippen LogP contribution in [0.5, 0.6) is 0 Å². The van der Waals surface area contributed by atoms with Crippen molar-refractivity contribution in [1.29, 1.82) is 0 Å². The third-order valence-electron chi connectivity index (χ3n) is 4.07. The van der Waals surface area contributed by atoms with Crippen molar-refractivity contribution < 1.29 is 9.50 Å². The van der Waals surface area contributed by atoms with Crippen molar-refractivity contribution in [2.24, 2.45) is 5.92 Å². The van der Waals surface area contributed by atoms with Gasteiger partial charge in [-0.1, -0.05) is 31.5 Å². The van der Waals surface area contributed by atoms with Crippen LogP contribution in [0, 0.1) is 11.7 Å². The van der Waals surface area contributed by atoms with E-state index in [1.807, 2.05) is 39.2 Å². The first-order valence-corrected chi connectivity index (χ1v) is 8.33. The van der Waals surface area contributed by atoms with Gasteiger partial charge in [-0.05, 0) is 69.3 Å². The second kappa shape index (κ2) is 10.4. The highest BCUT2D eigenvalue weighted by Gasteiger charge is 2.25. The Bertz CT molecular complexity index is 459. The zero-order chi connectivity index (χ0) is 16.4. The van der Waals surface area contributed by atoms with E-state index in [1.165, 1.54) is 0 Å². The molecular formula is C19H30FNO. The van der Waals surface area contributed by atoms with Crippen LogP contribution < -0.4 is 5.32 Å². The Balaban J connectivity index is 0.000000745. The van der Waals surface area contributed by atoms with Gasteiger partial charge in [-0.15, -0.1) is 0 Å². The average Bonchev–Trinajstić information content (AvgIpc) is 2.49. The Hall–Kier alpha value is -1.35. The topological polar surface area (TPSA) is 32.3 Å². The zero-order valence-electron chi connectivity index (χ0n) is 14.1. The largest absolute Gasteiger partial charge is 0.513 e. The Labute approximate surface area is 134 Å². The van der Waals surface area contributed by atoms with Gasteiger partial charge in [0.1, 0.15) is 5.82 Å². The summed E-state index contributed by atoms with van der Waals surface area (Å²) in [4.78, 5) is 0. The summed E-state index contributed by atoms with van der Waals surface area (Å²) < 4.78 is 13.8. The molecule has 1 aromatic carbocycles. The molecule has 0 radical (unpaired) electrons. The first kappa shape index (κ1) is 18.7. The fraction of sp³-hybridized carbons (Fsp3) is 0.579. The molecule has 0 amide bonds. The van der Waals surface area contributed by atoms with Crippen molar-refractivity contribution in [3.63, 3.8) is 0 Å². The highest BCUT2D eigenvalue weighted by Crippen LogP contribution is 2.39. The third kappa shape index (κ3) is 6.18. The molecule has 2 unspecified atom stereocenters. The van der Waals surface area contributed by atoms with E-state index in [0.717, 1.165) is 44.1 Å². The lowest BCUT2D eigenvalue weighted by atomic mass is 9.76. The standard InChI is InChI=1S/C17H23FO.C2H7N/c1-2-6-15(19)12-13-7-5-8-14(11-13)16-9-3-4-10-17(16)18;1-3-2/h3-4,6,9-10,13-14,19H,2,5,7-8,11-12H2,1H3;3H,1-2H3/b15-6+;. The number of allylic oxidation sites excluding steroid dienone is 2. The van der Waals surface area contributed by atoms with Crippen LogP contribution in [-0.2, 0) is 0 Å². The molecular weight excluding hydrogens is 277 g/mol. The fourth-order valence-electron chi connectivity index (χ4n) is 3.18. The van der Waals surface area contributed by atoms with Crippen molar-refractivity contribution in [2.45, 2.75) is 51.4 Å². The van der Waals surface area contributed by atoms with Crippen LogP contribution in [0.25, 0.3) is 0 Å². The summed E-state index contributed by atoms with van der Waals surface area (Å²) in [7, 11) is 3.75. The lowest BCUT2D eigenvalue weighted by molar-refractivity contribution is 0.274. The van der Waals surface area contributed by atoms with Crippen LogP contribution in [0.2, 0.25) is 0 Å². The summed E-state index contributed by atoms with van der Waals surface area (Å²) in [5, 5.41) is 12.5. The highest BCUT2D eigenvalue weighted by molar-refractivity contribution is 5.22. The maximum atomic E-state index is 13.8. The molecule has 2 N–H and O–H groups in total. The number of rotatable bonds is 4. The van der Waals surface area contributed by atoms with Crippen LogP contribution in [-0.4, -0.2) is 19.2 Å². The quantitative estimate of drug-likeness (QED) is 0.751. The molecule has 2 rings (SSSR count). The van der Waals surface area contributed by atoms with Crippen molar-refractivity contribution in [2.75, 3.05) is 14.1 Å². The SMILES string of the molecule is CC/C=C(/O)CC1CCCC(c2ccccc2F)C1.CNC. The van der Waals surface area contributed by atoms with Crippen LogP contribution in [0.3, 0.4) is 0 Å². The minimum absolute atomic E-state index is 0.0820. The van der Waals surface area contributed by atoms with Crippen LogP contribution in [0.4, 0.5) is 4.39 Å². The van der Waals surface area contributed by atoms with Gasteiger partial charge in [0.15, 0.2) is 0 Å². The lowest BCUT2D eigenvalue weighted by Crippen LogP contribution is -2.16. The number of aliphatic hydroxyl groups is 1. The van der Waals surface area contributed by atoms with Gasteiger partial charge < -0.3 is 10.4 Å². The second-order valence-corrected chi connectivity index (χ2v) is 6.06. The van der Waals surface area contributed by atoms with Crippen molar-refractivity contribution in [3.8, 4) is 0 Å². The normalized spacial score (nSPS) is 21.9. The van der Waals surface area contributed by atoms with E-state index in [9.17, 15) is 9.50 Å². The molecule has 3 heteroatoms. The van der Waals surface area contributed by atoms with Gasteiger partial charge in [-0.3, -0.25) is 0 Å². The third-order valence-corrected chi connectivity index (χ3v) is 4.07. The van der Waals surface area contributed by atoms with Crippen molar-refractivity contribution >= 4 is 0 Å². The van der Waals surface area contributed by atoms with Gasteiger partial charge in [0.25, 0.3) is 0 Å². The van der Waals surface area contributed by atoms with Gasteiger partial charge in [0, 0.05) is 6.42 Å². The number of hydrogen-bond donors (Lipinski definition) is 2. The monoisotopic (exact) mass is 307 g/mol. The van der Waals surface area contributed by atoms with Gasteiger partial charge in [0.2, 0.25) is 0 Å². The number of nitrogens with one attached hydrogen (secondary N) is 1. The molecule has 0 saturated heterocycles. The molecule has 1 aliphatic rings. The molecule has 2 nitrogen and oxygen atoms in total. The van der Waals surface area contributed by atoms with Gasteiger partial charge in [-0.2, -0.15) is 0 Å². The molecule has 0 aromatic heterocycles.